The molecule has 0 aliphatic rings. The van der Waals surface area contributed by atoms with Gasteiger partial charge < -0.3 is 14.5 Å². The van der Waals surface area contributed by atoms with E-state index in [1.54, 1.807) is 25.8 Å². The van der Waals surface area contributed by atoms with Crippen LogP contribution in [0.4, 0.5) is 0 Å². The number of methoxy groups -OCH3 is 1. The molecule has 0 aromatic carbocycles. The van der Waals surface area contributed by atoms with Crippen molar-refractivity contribution >= 4 is 0 Å². The number of nitrogens with zero attached hydrogens (tertiary/aromatic N) is 1. The highest BCUT2D eigenvalue weighted by Gasteiger charge is 2.17. The summed E-state index contributed by atoms with van der Waals surface area (Å²) in [6.45, 7) is 0. The fourth-order valence-electron chi connectivity index (χ4n) is 1.73. The number of hydrogen-bond acceptors (Lipinski definition) is 4. The highest BCUT2D eigenvalue weighted by molar-refractivity contribution is 5.35. The molecule has 0 bridgehead atoms. The SMILES string of the molecule is CNC(c1ccoc1)c1cccnc1OC. The van der Waals surface area contributed by atoms with Gasteiger partial charge >= 0.3 is 0 Å². The zero-order valence-electron chi connectivity index (χ0n) is 9.31. The molecule has 4 nitrogen and oxygen atoms in total. The van der Waals surface area contributed by atoms with Gasteiger partial charge in [-0.1, -0.05) is 6.07 Å². The maximum absolute atomic E-state index is 5.24. The molecule has 1 atom stereocenters. The molecule has 1 unspecified atom stereocenters. The summed E-state index contributed by atoms with van der Waals surface area (Å²) in [4.78, 5) is 4.18. The number of pyridine rings is 1. The molecule has 4 heteroatoms. The summed E-state index contributed by atoms with van der Waals surface area (Å²) in [6, 6.07) is 5.83. The first-order valence-corrected chi connectivity index (χ1v) is 5.05. The lowest BCUT2D eigenvalue weighted by atomic mass is 10.0. The summed E-state index contributed by atoms with van der Waals surface area (Å²) in [5, 5.41) is 3.22. The predicted molar refractivity (Wildman–Crippen MR) is 60.4 cm³/mol. The molecule has 0 saturated carbocycles. The first-order valence-electron chi connectivity index (χ1n) is 5.05. The van der Waals surface area contributed by atoms with Crippen molar-refractivity contribution in [1.82, 2.24) is 10.3 Å². The normalized spacial score (nSPS) is 12.4. The minimum atomic E-state index is 0.0300. The van der Waals surface area contributed by atoms with Gasteiger partial charge in [0.25, 0.3) is 0 Å². The van der Waals surface area contributed by atoms with Crippen LogP contribution in [0.3, 0.4) is 0 Å². The Labute approximate surface area is 94.3 Å². The molecule has 0 aliphatic carbocycles. The maximum Gasteiger partial charge on any atom is 0.218 e. The van der Waals surface area contributed by atoms with Gasteiger partial charge in [-0.3, -0.25) is 0 Å². The lowest BCUT2D eigenvalue weighted by Gasteiger charge is -2.16. The number of rotatable bonds is 4. The fourth-order valence-corrected chi connectivity index (χ4v) is 1.73. The number of aromatic nitrogens is 1. The number of furan rings is 1. The predicted octanol–water partition coefficient (Wildman–Crippen LogP) is 1.99. The van der Waals surface area contributed by atoms with Crippen LogP contribution in [0.15, 0.2) is 41.3 Å². The topological polar surface area (TPSA) is 47.3 Å². The van der Waals surface area contributed by atoms with E-state index < -0.39 is 0 Å². The Morgan fingerprint density at radius 2 is 2.31 bits per heavy atom. The van der Waals surface area contributed by atoms with Gasteiger partial charge in [-0.25, -0.2) is 4.98 Å². The molecular formula is C12H14N2O2. The van der Waals surface area contributed by atoms with Crippen LogP contribution in [-0.4, -0.2) is 19.1 Å². The van der Waals surface area contributed by atoms with Crippen molar-refractivity contribution in [1.29, 1.82) is 0 Å². The van der Waals surface area contributed by atoms with E-state index in [-0.39, 0.29) is 6.04 Å². The quantitative estimate of drug-likeness (QED) is 0.852. The molecule has 2 rings (SSSR count). The van der Waals surface area contributed by atoms with Crippen molar-refractivity contribution in [2.24, 2.45) is 0 Å². The molecule has 1 N–H and O–H groups in total. The van der Waals surface area contributed by atoms with Gasteiger partial charge in [0.15, 0.2) is 0 Å². The zero-order valence-corrected chi connectivity index (χ0v) is 9.31. The van der Waals surface area contributed by atoms with E-state index in [2.05, 4.69) is 10.3 Å². The highest BCUT2D eigenvalue weighted by Crippen LogP contribution is 2.27. The first-order chi connectivity index (χ1) is 7.86. The number of ether oxygens (including phenoxy) is 1. The average molecular weight is 218 g/mol. The maximum atomic E-state index is 5.24. The van der Waals surface area contributed by atoms with Gasteiger partial charge in [-0.05, 0) is 19.2 Å². The van der Waals surface area contributed by atoms with E-state index in [9.17, 15) is 0 Å². The molecule has 2 heterocycles. The van der Waals surface area contributed by atoms with Crippen molar-refractivity contribution in [3.63, 3.8) is 0 Å². The Bertz CT molecular complexity index is 440. The van der Waals surface area contributed by atoms with E-state index in [0.717, 1.165) is 11.1 Å². The van der Waals surface area contributed by atoms with E-state index in [1.165, 1.54) is 0 Å². The van der Waals surface area contributed by atoms with Crippen LogP contribution in [-0.2, 0) is 0 Å². The number of nitrogens with one attached hydrogen (secondary N) is 1. The molecule has 84 valence electrons. The molecule has 0 fully saturated rings. The Morgan fingerprint density at radius 3 is 2.94 bits per heavy atom. The van der Waals surface area contributed by atoms with Crippen LogP contribution < -0.4 is 10.1 Å². The van der Waals surface area contributed by atoms with E-state index in [4.69, 9.17) is 9.15 Å². The molecule has 0 saturated heterocycles. The summed E-state index contributed by atoms with van der Waals surface area (Å²) in [5.41, 5.74) is 2.04. The molecule has 0 radical (unpaired) electrons. The smallest absolute Gasteiger partial charge is 0.218 e. The minimum absolute atomic E-state index is 0.0300. The summed E-state index contributed by atoms with van der Waals surface area (Å²) < 4.78 is 10.3. The lowest BCUT2D eigenvalue weighted by molar-refractivity contribution is 0.388. The molecule has 2 aromatic heterocycles. The second-order valence-corrected chi connectivity index (χ2v) is 3.38. The second-order valence-electron chi connectivity index (χ2n) is 3.38. The lowest BCUT2D eigenvalue weighted by Crippen LogP contribution is -2.18. The van der Waals surface area contributed by atoms with Crippen LogP contribution in [0, 0.1) is 0 Å². The van der Waals surface area contributed by atoms with Gasteiger partial charge in [-0.15, -0.1) is 0 Å². The molecule has 2 aromatic rings. The van der Waals surface area contributed by atoms with Crippen LogP contribution in [0.2, 0.25) is 0 Å². The van der Waals surface area contributed by atoms with Crippen molar-refractivity contribution in [3.05, 3.63) is 48.0 Å². The third kappa shape index (κ3) is 1.92. The largest absolute Gasteiger partial charge is 0.481 e. The summed E-state index contributed by atoms with van der Waals surface area (Å²) in [6.07, 6.45) is 5.08. The minimum Gasteiger partial charge on any atom is -0.481 e. The second kappa shape index (κ2) is 4.81. The highest BCUT2D eigenvalue weighted by atomic mass is 16.5. The van der Waals surface area contributed by atoms with Gasteiger partial charge in [0.05, 0.1) is 25.7 Å². The van der Waals surface area contributed by atoms with Crippen molar-refractivity contribution in [2.45, 2.75) is 6.04 Å². The van der Waals surface area contributed by atoms with Gasteiger partial charge in [0.1, 0.15) is 0 Å². The van der Waals surface area contributed by atoms with Crippen molar-refractivity contribution < 1.29 is 9.15 Å². The van der Waals surface area contributed by atoms with Gasteiger partial charge in [0.2, 0.25) is 5.88 Å². The molecule has 0 spiro atoms. The third-order valence-corrected chi connectivity index (χ3v) is 2.47. The Kier molecular flexibility index (Phi) is 3.22. The standard InChI is InChI=1S/C12H14N2O2/c1-13-11(9-5-7-16-8-9)10-4-3-6-14-12(10)15-2/h3-8,11,13H,1-2H3. The first kappa shape index (κ1) is 10.7. The molecule has 0 aliphatic heterocycles. The summed E-state index contributed by atoms with van der Waals surface area (Å²) in [7, 11) is 3.51. The zero-order chi connectivity index (χ0) is 11.4. The van der Waals surface area contributed by atoms with Crippen molar-refractivity contribution in [3.8, 4) is 5.88 Å². The van der Waals surface area contributed by atoms with E-state index in [0.29, 0.717) is 5.88 Å². The number of hydrogen-bond donors (Lipinski definition) is 1. The van der Waals surface area contributed by atoms with E-state index >= 15 is 0 Å². The summed E-state index contributed by atoms with van der Waals surface area (Å²) >= 11 is 0. The Morgan fingerprint density at radius 1 is 1.44 bits per heavy atom. The van der Waals surface area contributed by atoms with Crippen LogP contribution >= 0.6 is 0 Å². The molecule has 16 heavy (non-hydrogen) atoms. The van der Waals surface area contributed by atoms with Gasteiger partial charge in [-0.2, -0.15) is 0 Å². The Hall–Kier alpha value is -1.81. The fraction of sp³-hybridized carbons (Fsp3) is 0.250. The van der Waals surface area contributed by atoms with Crippen molar-refractivity contribution in [2.75, 3.05) is 14.2 Å². The summed E-state index contributed by atoms with van der Waals surface area (Å²) in [5.74, 6) is 0.628. The molecule has 0 amide bonds. The van der Waals surface area contributed by atoms with E-state index in [1.807, 2.05) is 25.2 Å². The van der Waals surface area contributed by atoms with Gasteiger partial charge in [0, 0.05) is 17.3 Å². The monoisotopic (exact) mass is 218 g/mol. The third-order valence-electron chi connectivity index (χ3n) is 2.47. The van der Waals surface area contributed by atoms with Crippen LogP contribution in [0.5, 0.6) is 5.88 Å². The van der Waals surface area contributed by atoms with Crippen LogP contribution in [0.25, 0.3) is 0 Å². The Balaban J connectivity index is 2.41. The van der Waals surface area contributed by atoms with Crippen LogP contribution in [0.1, 0.15) is 17.2 Å². The molecular weight excluding hydrogens is 204 g/mol. The average Bonchev–Trinajstić information content (AvgIpc) is 2.84.